The van der Waals surface area contributed by atoms with Crippen LogP contribution in [0.15, 0.2) is 30.3 Å². The molecular weight excluding hydrogens is 230 g/mol. The van der Waals surface area contributed by atoms with Crippen molar-refractivity contribution in [2.75, 3.05) is 26.7 Å². The van der Waals surface area contributed by atoms with Crippen molar-refractivity contribution < 1.29 is 14.6 Å². The van der Waals surface area contributed by atoms with E-state index in [0.717, 1.165) is 12.1 Å². The number of carbonyl (C=O) groups excluding carboxylic acids is 1. The Kier molecular flexibility index (Phi) is 6.39. The van der Waals surface area contributed by atoms with E-state index in [2.05, 4.69) is 4.74 Å². The molecule has 1 aromatic carbocycles. The first-order valence-corrected chi connectivity index (χ1v) is 6.19. The summed E-state index contributed by atoms with van der Waals surface area (Å²) in [5, 5.41) is 10.1. The average Bonchev–Trinajstić information content (AvgIpc) is 2.43. The van der Waals surface area contributed by atoms with E-state index < -0.39 is 6.10 Å². The summed E-state index contributed by atoms with van der Waals surface area (Å²) in [4.78, 5) is 13.1. The minimum atomic E-state index is -0.524. The molecule has 0 saturated heterocycles. The summed E-state index contributed by atoms with van der Waals surface area (Å²) in [5.74, 6) is -0.220. The number of hydrogen-bond acceptors (Lipinski definition) is 4. The molecule has 0 bridgehead atoms. The first-order chi connectivity index (χ1) is 8.67. The third-order valence-electron chi connectivity index (χ3n) is 2.92. The summed E-state index contributed by atoms with van der Waals surface area (Å²) in [7, 11) is 1.39. The van der Waals surface area contributed by atoms with Gasteiger partial charge in [0.1, 0.15) is 0 Å². The van der Waals surface area contributed by atoms with Crippen LogP contribution in [0.3, 0.4) is 0 Å². The molecule has 18 heavy (non-hydrogen) atoms. The molecule has 1 unspecified atom stereocenters. The smallest absolute Gasteiger partial charge is 0.306 e. The highest BCUT2D eigenvalue weighted by Crippen LogP contribution is 2.13. The van der Waals surface area contributed by atoms with Crippen LogP contribution in [0.1, 0.15) is 25.0 Å². The summed E-state index contributed by atoms with van der Waals surface area (Å²) in [6.45, 7) is 3.93. The molecule has 0 aliphatic rings. The van der Waals surface area contributed by atoms with Crippen LogP contribution in [-0.2, 0) is 9.53 Å². The van der Waals surface area contributed by atoms with Gasteiger partial charge in [-0.05, 0) is 12.1 Å². The Morgan fingerprint density at radius 3 is 2.61 bits per heavy atom. The van der Waals surface area contributed by atoms with Crippen molar-refractivity contribution in [3.05, 3.63) is 35.9 Å². The SMILES string of the molecule is CCN(CCC(=O)OC)CC(O)c1ccccc1. The number of methoxy groups -OCH3 is 1. The zero-order valence-electron chi connectivity index (χ0n) is 11.0. The first-order valence-electron chi connectivity index (χ1n) is 6.19. The fourth-order valence-electron chi connectivity index (χ4n) is 1.76. The maximum atomic E-state index is 11.1. The Labute approximate surface area is 108 Å². The van der Waals surface area contributed by atoms with Crippen molar-refractivity contribution >= 4 is 5.97 Å². The number of aliphatic hydroxyl groups is 1. The van der Waals surface area contributed by atoms with E-state index in [-0.39, 0.29) is 5.97 Å². The van der Waals surface area contributed by atoms with Gasteiger partial charge >= 0.3 is 5.97 Å². The predicted molar refractivity (Wildman–Crippen MR) is 70.1 cm³/mol. The molecule has 0 aliphatic heterocycles. The van der Waals surface area contributed by atoms with Gasteiger partial charge in [0.15, 0.2) is 0 Å². The van der Waals surface area contributed by atoms with Crippen LogP contribution in [-0.4, -0.2) is 42.7 Å². The predicted octanol–water partition coefficient (Wildman–Crippen LogP) is 1.60. The lowest BCUT2D eigenvalue weighted by atomic mass is 10.1. The number of esters is 1. The van der Waals surface area contributed by atoms with Gasteiger partial charge in [-0.2, -0.15) is 0 Å². The van der Waals surface area contributed by atoms with Crippen LogP contribution in [0.25, 0.3) is 0 Å². The van der Waals surface area contributed by atoms with Crippen LogP contribution >= 0.6 is 0 Å². The van der Waals surface area contributed by atoms with Crippen molar-refractivity contribution in [2.24, 2.45) is 0 Å². The molecule has 1 rings (SSSR count). The van der Waals surface area contributed by atoms with E-state index in [1.54, 1.807) is 0 Å². The standard InChI is InChI=1S/C14H21NO3/c1-3-15(10-9-14(17)18-2)11-13(16)12-7-5-4-6-8-12/h4-8,13,16H,3,9-11H2,1-2H3. The second-order valence-corrected chi connectivity index (χ2v) is 4.15. The lowest BCUT2D eigenvalue weighted by Gasteiger charge is -2.23. The van der Waals surface area contributed by atoms with Gasteiger partial charge < -0.3 is 14.7 Å². The average molecular weight is 251 g/mol. The van der Waals surface area contributed by atoms with E-state index in [1.807, 2.05) is 42.2 Å². The van der Waals surface area contributed by atoms with Gasteiger partial charge in [0.2, 0.25) is 0 Å². The van der Waals surface area contributed by atoms with E-state index in [1.165, 1.54) is 7.11 Å². The van der Waals surface area contributed by atoms with Gasteiger partial charge in [0.25, 0.3) is 0 Å². The molecule has 100 valence electrons. The topological polar surface area (TPSA) is 49.8 Å². The number of nitrogens with zero attached hydrogens (tertiary/aromatic N) is 1. The lowest BCUT2D eigenvalue weighted by Crippen LogP contribution is -2.30. The molecule has 4 nitrogen and oxygen atoms in total. The number of rotatable bonds is 7. The molecule has 0 radical (unpaired) electrons. The maximum absolute atomic E-state index is 11.1. The molecule has 0 fully saturated rings. The van der Waals surface area contributed by atoms with Gasteiger partial charge in [-0.1, -0.05) is 37.3 Å². The summed E-state index contributed by atoms with van der Waals surface area (Å²) in [6.07, 6.45) is -0.171. The van der Waals surface area contributed by atoms with Crippen molar-refractivity contribution in [1.82, 2.24) is 4.90 Å². The summed E-state index contributed by atoms with van der Waals surface area (Å²) < 4.78 is 4.61. The van der Waals surface area contributed by atoms with Crippen molar-refractivity contribution in [2.45, 2.75) is 19.4 Å². The summed E-state index contributed by atoms with van der Waals surface area (Å²) >= 11 is 0. The van der Waals surface area contributed by atoms with E-state index in [4.69, 9.17) is 0 Å². The van der Waals surface area contributed by atoms with Crippen LogP contribution in [0.2, 0.25) is 0 Å². The van der Waals surface area contributed by atoms with Crippen molar-refractivity contribution in [1.29, 1.82) is 0 Å². The fraction of sp³-hybridized carbons (Fsp3) is 0.500. The quantitative estimate of drug-likeness (QED) is 0.748. The number of ether oxygens (including phenoxy) is 1. The van der Waals surface area contributed by atoms with E-state index in [0.29, 0.717) is 19.5 Å². The Morgan fingerprint density at radius 2 is 2.06 bits per heavy atom. The van der Waals surface area contributed by atoms with Gasteiger partial charge in [-0.3, -0.25) is 4.79 Å². The Morgan fingerprint density at radius 1 is 1.39 bits per heavy atom. The highest BCUT2D eigenvalue weighted by atomic mass is 16.5. The molecule has 0 spiro atoms. The minimum Gasteiger partial charge on any atom is -0.469 e. The van der Waals surface area contributed by atoms with Crippen molar-refractivity contribution in [3.63, 3.8) is 0 Å². The van der Waals surface area contributed by atoms with Gasteiger partial charge in [0.05, 0.1) is 19.6 Å². The van der Waals surface area contributed by atoms with Crippen LogP contribution in [0, 0.1) is 0 Å². The summed E-state index contributed by atoms with van der Waals surface area (Å²) in [5.41, 5.74) is 0.897. The molecule has 1 aromatic rings. The number of likely N-dealkylation sites (N-methyl/N-ethyl adjacent to an activating group) is 1. The second-order valence-electron chi connectivity index (χ2n) is 4.15. The molecule has 0 aliphatic carbocycles. The Balaban J connectivity index is 2.45. The highest BCUT2D eigenvalue weighted by molar-refractivity contribution is 5.69. The van der Waals surface area contributed by atoms with E-state index >= 15 is 0 Å². The molecule has 0 heterocycles. The molecular formula is C14H21NO3. The summed E-state index contributed by atoms with van der Waals surface area (Å²) in [6, 6.07) is 9.54. The number of hydrogen-bond donors (Lipinski definition) is 1. The zero-order chi connectivity index (χ0) is 13.4. The second kappa shape index (κ2) is 7.84. The number of aliphatic hydroxyl groups excluding tert-OH is 1. The van der Waals surface area contributed by atoms with Gasteiger partial charge in [-0.15, -0.1) is 0 Å². The molecule has 1 atom stereocenters. The molecule has 0 amide bonds. The van der Waals surface area contributed by atoms with Crippen LogP contribution < -0.4 is 0 Å². The fourth-order valence-corrected chi connectivity index (χ4v) is 1.76. The normalized spacial score (nSPS) is 12.4. The third-order valence-corrected chi connectivity index (χ3v) is 2.92. The molecule has 0 saturated carbocycles. The first kappa shape index (κ1) is 14.7. The highest BCUT2D eigenvalue weighted by Gasteiger charge is 2.13. The number of carbonyl (C=O) groups is 1. The zero-order valence-corrected chi connectivity index (χ0v) is 11.0. The lowest BCUT2D eigenvalue weighted by molar-refractivity contribution is -0.141. The third kappa shape index (κ3) is 4.85. The van der Waals surface area contributed by atoms with E-state index in [9.17, 15) is 9.90 Å². The van der Waals surface area contributed by atoms with Gasteiger partial charge in [0, 0.05) is 13.1 Å². The monoisotopic (exact) mass is 251 g/mol. The van der Waals surface area contributed by atoms with Crippen molar-refractivity contribution in [3.8, 4) is 0 Å². The van der Waals surface area contributed by atoms with Crippen LogP contribution in [0.4, 0.5) is 0 Å². The number of benzene rings is 1. The largest absolute Gasteiger partial charge is 0.469 e. The molecule has 1 N–H and O–H groups in total. The van der Waals surface area contributed by atoms with Gasteiger partial charge in [-0.25, -0.2) is 0 Å². The minimum absolute atomic E-state index is 0.220. The Hall–Kier alpha value is -1.39. The Bertz CT molecular complexity index is 353. The molecule has 0 aromatic heterocycles. The van der Waals surface area contributed by atoms with Crippen LogP contribution in [0.5, 0.6) is 0 Å². The maximum Gasteiger partial charge on any atom is 0.306 e. The molecule has 4 heteroatoms.